The van der Waals surface area contributed by atoms with Crippen molar-refractivity contribution in [3.8, 4) is 11.5 Å². The van der Waals surface area contributed by atoms with Crippen LogP contribution >= 0.6 is 24.0 Å². The molecule has 0 saturated heterocycles. The van der Waals surface area contributed by atoms with Crippen LogP contribution in [0.3, 0.4) is 0 Å². The molecule has 3 N–H and O–H groups in total. The molecule has 1 amide bonds. The number of likely N-dealkylation sites (N-methyl/N-ethyl adjacent to an activating group) is 1. The van der Waals surface area contributed by atoms with Gasteiger partial charge in [-0.1, -0.05) is 6.07 Å². The molecule has 1 aromatic rings. The molecule has 8 heteroatoms. The minimum absolute atomic E-state index is 0. The van der Waals surface area contributed by atoms with Crippen molar-refractivity contribution in [2.75, 3.05) is 34.4 Å². The molecule has 130 valence electrons. The summed E-state index contributed by atoms with van der Waals surface area (Å²) in [6, 6.07) is 5.56. The van der Waals surface area contributed by atoms with Gasteiger partial charge in [-0.2, -0.15) is 0 Å². The number of ether oxygens (including phenoxy) is 2. The number of hydrogen-bond donors (Lipinski definition) is 3. The largest absolute Gasteiger partial charge is 0.493 e. The van der Waals surface area contributed by atoms with Gasteiger partial charge in [-0.15, -0.1) is 24.0 Å². The third-order valence-corrected chi connectivity index (χ3v) is 2.88. The summed E-state index contributed by atoms with van der Waals surface area (Å²) in [7, 11) is 5.07. The van der Waals surface area contributed by atoms with Crippen LogP contribution in [0.15, 0.2) is 23.2 Å². The molecule has 0 radical (unpaired) electrons. The highest BCUT2D eigenvalue weighted by atomic mass is 127. The van der Waals surface area contributed by atoms with Crippen molar-refractivity contribution in [1.82, 2.24) is 16.0 Å². The third kappa shape index (κ3) is 7.40. The van der Waals surface area contributed by atoms with Crippen molar-refractivity contribution in [1.29, 1.82) is 0 Å². The molecule has 23 heavy (non-hydrogen) atoms. The fourth-order valence-electron chi connectivity index (χ4n) is 1.80. The molecular weight excluding hydrogens is 411 g/mol. The number of amides is 1. The van der Waals surface area contributed by atoms with E-state index in [1.54, 1.807) is 27.3 Å². The van der Waals surface area contributed by atoms with Crippen molar-refractivity contribution in [2.45, 2.75) is 13.5 Å². The molecule has 0 aromatic heterocycles. The van der Waals surface area contributed by atoms with Crippen LogP contribution in [0, 0.1) is 0 Å². The van der Waals surface area contributed by atoms with Gasteiger partial charge >= 0.3 is 0 Å². The lowest BCUT2D eigenvalue weighted by atomic mass is 10.2. The first-order valence-corrected chi connectivity index (χ1v) is 7.09. The van der Waals surface area contributed by atoms with Crippen LogP contribution in [-0.4, -0.2) is 46.2 Å². The van der Waals surface area contributed by atoms with E-state index in [1.165, 1.54) is 0 Å². The highest BCUT2D eigenvalue weighted by molar-refractivity contribution is 14.0. The Balaban J connectivity index is 0.00000484. The van der Waals surface area contributed by atoms with E-state index in [4.69, 9.17) is 9.47 Å². The van der Waals surface area contributed by atoms with E-state index < -0.39 is 0 Å². The first-order chi connectivity index (χ1) is 10.6. The molecule has 0 unspecified atom stereocenters. The number of hydrogen-bond acceptors (Lipinski definition) is 4. The van der Waals surface area contributed by atoms with Gasteiger partial charge in [-0.05, 0) is 24.6 Å². The number of nitrogens with zero attached hydrogens (tertiary/aromatic N) is 1. The van der Waals surface area contributed by atoms with Crippen molar-refractivity contribution >= 4 is 35.8 Å². The summed E-state index contributed by atoms with van der Waals surface area (Å²) in [5.74, 6) is 1.67. The van der Waals surface area contributed by atoms with Gasteiger partial charge in [0.2, 0.25) is 0 Å². The Bertz CT molecular complexity index is 523. The maximum absolute atomic E-state index is 11.4. The molecule has 0 saturated carbocycles. The lowest BCUT2D eigenvalue weighted by molar-refractivity contribution is -0.123. The number of halogens is 1. The van der Waals surface area contributed by atoms with E-state index >= 15 is 0 Å². The monoisotopic (exact) mass is 436 g/mol. The Hall–Kier alpha value is -1.71. The second-order valence-corrected chi connectivity index (χ2v) is 4.40. The first kappa shape index (κ1) is 21.3. The molecule has 7 nitrogen and oxygen atoms in total. The van der Waals surface area contributed by atoms with Crippen LogP contribution in [0.25, 0.3) is 0 Å². The summed E-state index contributed by atoms with van der Waals surface area (Å²) >= 11 is 0. The molecule has 0 aliphatic carbocycles. The van der Waals surface area contributed by atoms with Gasteiger partial charge < -0.3 is 25.4 Å². The zero-order chi connectivity index (χ0) is 16.4. The summed E-state index contributed by atoms with van der Waals surface area (Å²) in [5, 5.41) is 8.77. The first-order valence-electron chi connectivity index (χ1n) is 7.09. The quantitative estimate of drug-likeness (QED) is 0.339. The van der Waals surface area contributed by atoms with Crippen molar-refractivity contribution in [2.24, 2.45) is 4.99 Å². The number of carbonyl (C=O) groups is 1. The summed E-state index contributed by atoms with van der Waals surface area (Å²) in [5.41, 5.74) is 1.01. The Labute approximate surface area is 154 Å². The van der Waals surface area contributed by atoms with E-state index in [0.29, 0.717) is 30.5 Å². The normalized spacial score (nSPS) is 10.3. The van der Waals surface area contributed by atoms with Gasteiger partial charge in [0.25, 0.3) is 5.91 Å². The molecular formula is C15H25IN4O3. The third-order valence-electron chi connectivity index (χ3n) is 2.88. The van der Waals surface area contributed by atoms with Crippen LogP contribution in [0.5, 0.6) is 11.5 Å². The van der Waals surface area contributed by atoms with E-state index in [9.17, 15) is 4.79 Å². The smallest absolute Gasteiger partial charge is 0.257 e. The Morgan fingerprint density at radius 1 is 1.26 bits per heavy atom. The van der Waals surface area contributed by atoms with Gasteiger partial charge in [-0.3, -0.25) is 9.79 Å². The average molecular weight is 436 g/mol. The van der Waals surface area contributed by atoms with Gasteiger partial charge in [0.15, 0.2) is 24.1 Å². The molecule has 0 aliphatic heterocycles. The number of guanidine groups is 1. The van der Waals surface area contributed by atoms with Crippen LogP contribution in [0.4, 0.5) is 0 Å². The number of rotatable bonds is 7. The molecule has 1 aromatic carbocycles. The Morgan fingerprint density at radius 3 is 2.57 bits per heavy atom. The fraction of sp³-hybridized carbons (Fsp3) is 0.467. The van der Waals surface area contributed by atoms with Crippen LogP contribution in [-0.2, 0) is 11.3 Å². The molecule has 0 bridgehead atoms. The van der Waals surface area contributed by atoms with E-state index in [0.717, 1.165) is 5.56 Å². The summed E-state index contributed by atoms with van der Waals surface area (Å²) in [6.07, 6.45) is 0. The van der Waals surface area contributed by atoms with Crippen molar-refractivity contribution < 1.29 is 14.3 Å². The molecule has 0 atom stereocenters. The van der Waals surface area contributed by atoms with E-state index in [-0.39, 0.29) is 36.5 Å². The molecule has 0 spiro atoms. The van der Waals surface area contributed by atoms with Gasteiger partial charge in [-0.25, -0.2) is 0 Å². The molecule has 1 rings (SSSR count). The van der Waals surface area contributed by atoms with Crippen LogP contribution < -0.4 is 25.4 Å². The zero-order valence-corrected chi connectivity index (χ0v) is 16.3. The topological polar surface area (TPSA) is 84.0 Å². The predicted octanol–water partition coefficient (Wildman–Crippen LogP) is 1.12. The molecule has 0 heterocycles. The maximum atomic E-state index is 11.4. The standard InChI is InChI=1S/C15H24N4O3.HI/c1-5-18-14(20)10-22-12-7-6-11(8-13(12)21-4)9-19-15(16-2)17-3;/h6-8H,5,9-10H2,1-4H3,(H,18,20)(H2,16,17,19);1H. The van der Waals surface area contributed by atoms with Gasteiger partial charge in [0.1, 0.15) is 0 Å². The summed E-state index contributed by atoms with van der Waals surface area (Å²) < 4.78 is 10.8. The van der Waals surface area contributed by atoms with Gasteiger partial charge in [0.05, 0.1) is 7.11 Å². The predicted molar refractivity (Wildman–Crippen MR) is 102 cm³/mol. The lowest BCUT2D eigenvalue weighted by Gasteiger charge is -2.13. The lowest BCUT2D eigenvalue weighted by Crippen LogP contribution is -2.34. The highest BCUT2D eigenvalue weighted by Gasteiger charge is 2.08. The van der Waals surface area contributed by atoms with Gasteiger partial charge in [0, 0.05) is 27.2 Å². The number of methoxy groups -OCH3 is 1. The zero-order valence-electron chi connectivity index (χ0n) is 13.9. The Morgan fingerprint density at radius 2 is 2.00 bits per heavy atom. The second-order valence-electron chi connectivity index (χ2n) is 4.40. The Kier molecular flexibility index (Phi) is 10.9. The number of aliphatic imine (C=N–C) groups is 1. The van der Waals surface area contributed by atoms with Crippen LogP contribution in [0.1, 0.15) is 12.5 Å². The second kappa shape index (κ2) is 11.8. The minimum Gasteiger partial charge on any atom is -0.493 e. The number of benzene rings is 1. The van der Waals surface area contributed by atoms with Crippen LogP contribution in [0.2, 0.25) is 0 Å². The highest BCUT2D eigenvalue weighted by Crippen LogP contribution is 2.27. The molecule has 0 aliphatic rings. The minimum atomic E-state index is -0.159. The molecule has 0 fully saturated rings. The number of nitrogens with one attached hydrogen (secondary N) is 3. The fourth-order valence-corrected chi connectivity index (χ4v) is 1.80. The summed E-state index contributed by atoms with van der Waals surface area (Å²) in [4.78, 5) is 15.5. The van der Waals surface area contributed by atoms with Crippen molar-refractivity contribution in [3.63, 3.8) is 0 Å². The summed E-state index contributed by atoms with van der Waals surface area (Å²) in [6.45, 7) is 3.00. The number of carbonyl (C=O) groups excluding carboxylic acids is 1. The van der Waals surface area contributed by atoms with E-state index in [1.807, 2.05) is 19.1 Å². The van der Waals surface area contributed by atoms with Crippen molar-refractivity contribution in [3.05, 3.63) is 23.8 Å². The van der Waals surface area contributed by atoms with E-state index in [2.05, 4.69) is 20.9 Å². The average Bonchev–Trinajstić information content (AvgIpc) is 2.54. The maximum Gasteiger partial charge on any atom is 0.257 e. The SMILES string of the molecule is CCNC(=O)COc1ccc(CNC(=NC)NC)cc1OC.I.